The minimum atomic E-state index is -1.64. The zero-order chi connectivity index (χ0) is 17.1. The molecule has 7 heteroatoms. The van der Waals surface area contributed by atoms with E-state index in [4.69, 9.17) is 4.42 Å². The molecular formula is C16H14F3NO3. The standard InChI is InChI=1S/C16H14F3NO3/c1-8(21)11-7-10(23-9(11)2)3-6-14(22)20-13-5-4-12(17)15(18)16(13)19/h4-5,7H,3,6H2,1-2H3,(H,20,22). The zero-order valence-electron chi connectivity index (χ0n) is 12.5. The van der Waals surface area contributed by atoms with E-state index in [1.165, 1.54) is 6.92 Å². The second-order valence-corrected chi connectivity index (χ2v) is 5.01. The van der Waals surface area contributed by atoms with E-state index in [0.717, 1.165) is 12.1 Å². The minimum absolute atomic E-state index is 0.0667. The van der Waals surface area contributed by atoms with Gasteiger partial charge in [0.1, 0.15) is 11.5 Å². The van der Waals surface area contributed by atoms with Gasteiger partial charge in [-0.25, -0.2) is 13.2 Å². The number of carbonyl (C=O) groups is 2. The van der Waals surface area contributed by atoms with E-state index in [2.05, 4.69) is 5.32 Å². The van der Waals surface area contributed by atoms with Crippen molar-refractivity contribution in [2.75, 3.05) is 5.32 Å². The second-order valence-electron chi connectivity index (χ2n) is 5.01. The van der Waals surface area contributed by atoms with E-state index in [9.17, 15) is 22.8 Å². The Labute approximate surface area is 130 Å². The lowest BCUT2D eigenvalue weighted by atomic mass is 10.1. The molecule has 4 nitrogen and oxygen atoms in total. The number of amides is 1. The Balaban J connectivity index is 1.99. The molecule has 0 aliphatic carbocycles. The van der Waals surface area contributed by atoms with Gasteiger partial charge in [-0.1, -0.05) is 0 Å². The van der Waals surface area contributed by atoms with E-state index in [1.54, 1.807) is 13.0 Å². The first kappa shape index (κ1) is 16.8. The van der Waals surface area contributed by atoms with E-state index < -0.39 is 29.0 Å². The molecule has 0 atom stereocenters. The van der Waals surface area contributed by atoms with Gasteiger partial charge < -0.3 is 9.73 Å². The Morgan fingerprint density at radius 1 is 1.17 bits per heavy atom. The van der Waals surface area contributed by atoms with E-state index in [-0.39, 0.29) is 18.6 Å². The van der Waals surface area contributed by atoms with Crippen LogP contribution in [0.3, 0.4) is 0 Å². The number of halogens is 3. The Hall–Kier alpha value is -2.57. The van der Waals surface area contributed by atoms with Crippen molar-refractivity contribution in [2.24, 2.45) is 0 Å². The number of ketones is 1. The Kier molecular flexibility index (Phi) is 4.88. The lowest BCUT2D eigenvalue weighted by Crippen LogP contribution is -2.14. The molecule has 1 aromatic heterocycles. The highest BCUT2D eigenvalue weighted by Gasteiger charge is 2.16. The maximum atomic E-state index is 13.4. The highest BCUT2D eigenvalue weighted by Crippen LogP contribution is 2.20. The van der Waals surface area contributed by atoms with Crippen LogP contribution in [0.15, 0.2) is 22.6 Å². The first-order chi connectivity index (χ1) is 10.8. The SMILES string of the molecule is CC(=O)c1cc(CCC(=O)Nc2ccc(F)c(F)c2F)oc1C. The smallest absolute Gasteiger partial charge is 0.224 e. The summed E-state index contributed by atoms with van der Waals surface area (Å²) in [5.74, 6) is -4.27. The predicted molar refractivity (Wildman–Crippen MR) is 76.7 cm³/mol. The maximum Gasteiger partial charge on any atom is 0.224 e. The molecule has 1 N–H and O–H groups in total. The lowest BCUT2D eigenvalue weighted by molar-refractivity contribution is -0.116. The van der Waals surface area contributed by atoms with Crippen molar-refractivity contribution >= 4 is 17.4 Å². The van der Waals surface area contributed by atoms with Gasteiger partial charge >= 0.3 is 0 Å². The summed E-state index contributed by atoms with van der Waals surface area (Å²) in [5.41, 5.74) is 0.000934. The summed E-state index contributed by atoms with van der Waals surface area (Å²) in [6.45, 7) is 3.04. The van der Waals surface area contributed by atoms with Crippen LogP contribution in [0.4, 0.5) is 18.9 Å². The number of furan rings is 1. The van der Waals surface area contributed by atoms with Gasteiger partial charge in [0.05, 0.1) is 11.3 Å². The molecule has 0 saturated carbocycles. The van der Waals surface area contributed by atoms with Gasteiger partial charge in [-0.05, 0) is 32.0 Å². The third-order valence-electron chi connectivity index (χ3n) is 3.26. The monoisotopic (exact) mass is 325 g/mol. The molecule has 122 valence electrons. The molecule has 0 fully saturated rings. The molecule has 23 heavy (non-hydrogen) atoms. The largest absolute Gasteiger partial charge is 0.466 e. The van der Waals surface area contributed by atoms with Crippen molar-refractivity contribution in [1.29, 1.82) is 0 Å². The zero-order valence-corrected chi connectivity index (χ0v) is 12.5. The summed E-state index contributed by atoms with van der Waals surface area (Å²) in [5, 5.41) is 2.16. The van der Waals surface area contributed by atoms with Crippen LogP contribution in [0.1, 0.15) is 35.2 Å². The molecule has 0 spiro atoms. The van der Waals surface area contributed by atoms with E-state index in [0.29, 0.717) is 17.1 Å². The highest BCUT2D eigenvalue weighted by atomic mass is 19.2. The molecular weight excluding hydrogens is 311 g/mol. The molecule has 2 aromatic rings. The number of aryl methyl sites for hydroxylation is 2. The Morgan fingerprint density at radius 3 is 2.48 bits per heavy atom. The minimum Gasteiger partial charge on any atom is -0.466 e. The molecule has 0 bridgehead atoms. The summed E-state index contributed by atoms with van der Waals surface area (Å²) in [6, 6.07) is 3.21. The quantitative estimate of drug-likeness (QED) is 0.672. The summed E-state index contributed by atoms with van der Waals surface area (Å²) >= 11 is 0. The summed E-state index contributed by atoms with van der Waals surface area (Å²) in [7, 11) is 0. The van der Waals surface area contributed by atoms with Crippen LogP contribution >= 0.6 is 0 Å². The maximum absolute atomic E-state index is 13.4. The molecule has 0 saturated heterocycles. The molecule has 0 unspecified atom stereocenters. The number of carbonyl (C=O) groups excluding carboxylic acids is 2. The summed E-state index contributed by atoms with van der Waals surface area (Å²) in [4.78, 5) is 23.1. The normalized spacial score (nSPS) is 10.7. The third kappa shape index (κ3) is 3.80. The van der Waals surface area contributed by atoms with Crippen molar-refractivity contribution in [3.63, 3.8) is 0 Å². The van der Waals surface area contributed by atoms with Gasteiger partial charge in [-0.3, -0.25) is 9.59 Å². The number of anilines is 1. The van der Waals surface area contributed by atoms with Crippen LogP contribution in [0.5, 0.6) is 0 Å². The van der Waals surface area contributed by atoms with Crippen molar-refractivity contribution in [2.45, 2.75) is 26.7 Å². The van der Waals surface area contributed by atoms with Crippen molar-refractivity contribution < 1.29 is 27.2 Å². The van der Waals surface area contributed by atoms with Gasteiger partial charge in [-0.15, -0.1) is 0 Å². The van der Waals surface area contributed by atoms with Gasteiger partial charge in [-0.2, -0.15) is 0 Å². The van der Waals surface area contributed by atoms with Gasteiger partial charge in [0.2, 0.25) is 5.91 Å². The molecule has 0 radical (unpaired) electrons. The van der Waals surface area contributed by atoms with Gasteiger partial charge in [0.25, 0.3) is 0 Å². The number of nitrogens with one attached hydrogen (secondary N) is 1. The topological polar surface area (TPSA) is 59.3 Å². The van der Waals surface area contributed by atoms with Crippen molar-refractivity contribution in [3.8, 4) is 0 Å². The molecule has 1 aromatic carbocycles. The predicted octanol–water partition coefficient (Wildman–Crippen LogP) is 3.78. The van der Waals surface area contributed by atoms with Crippen LogP contribution in [0.2, 0.25) is 0 Å². The molecule has 1 heterocycles. The summed E-state index contributed by atoms with van der Waals surface area (Å²) < 4.78 is 44.7. The third-order valence-corrected chi connectivity index (χ3v) is 3.26. The van der Waals surface area contributed by atoms with Crippen LogP contribution in [0, 0.1) is 24.4 Å². The lowest BCUT2D eigenvalue weighted by Gasteiger charge is -2.06. The Bertz CT molecular complexity index is 768. The average Bonchev–Trinajstić information content (AvgIpc) is 2.87. The fourth-order valence-corrected chi connectivity index (χ4v) is 2.09. The van der Waals surface area contributed by atoms with Crippen LogP contribution in [-0.2, 0) is 11.2 Å². The second kappa shape index (κ2) is 6.68. The van der Waals surface area contributed by atoms with Crippen LogP contribution in [-0.4, -0.2) is 11.7 Å². The van der Waals surface area contributed by atoms with Crippen LogP contribution in [0.25, 0.3) is 0 Å². The van der Waals surface area contributed by atoms with E-state index >= 15 is 0 Å². The Morgan fingerprint density at radius 2 is 1.87 bits per heavy atom. The van der Waals surface area contributed by atoms with Crippen LogP contribution < -0.4 is 5.32 Å². The highest BCUT2D eigenvalue weighted by molar-refractivity contribution is 5.95. The molecule has 2 rings (SSSR count). The number of Topliss-reactive ketones (excluding diaryl/α,β-unsaturated/α-hetero) is 1. The number of rotatable bonds is 5. The molecule has 0 aliphatic heterocycles. The first-order valence-corrected chi connectivity index (χ1v) is 6.83. The average molecular weight is 325 g/mol. The molecule has 0 aliphatic rings. The van der Waals surface area contributed by atoms with Crippen molar-refractivity contribution in [1.82, 2.24) is 0 Å². The van der Waals surface area contributed by atoms with Gasteiger partial charge in [0, 0.05) is 12.8 Å². The number of hydrogen-bond acceptors (Lipinski definition) is 3. The van der Waals surface area contributed by atoms with E-state index in [1.807, 2.05) is 0 Å². The fourth-order valence-electron chi connectivity index (χ4n) is 2.09. The number of hydrogen-bond donors (Lipinski definition) is 1. The van der Waals surface area contributed by atoms with Gasteiger partial charge in [0.15, 0.2) is 23.2 Å². The fraction of sp³-hybridized carbons (Fsp3) is 0.250. The summed E-state index contributed by atoms with van der Waals surface area (Å²) in [6.07, 6.45) is 0.119. The molecule has 1 amide bonds. The first-order valence-electron chi connectivity index (χ1n) is 6.83. The number of benzene rings is 1. The van der Waals surface area contributed by atoms with Crippen molar-refractivity contribution in [3.05, 3.63) is 52.7 Å².